The first-order chi connectivity index (χ1) is 15.6. The normalized spacial score (nSPS) is 17.8. The predicted octanol–water partition coefficient (Wildman–Crippen LogP) is 3.44. The van der Waals surface area contributed by atoms with E-state index in [0.717, 1.165) is 6.54 Å². The molecule has 1 unspecified atom stereocenters. The van der Waals surface area contributed by atoms with Crippen LogP contribution in [0.25, 0.3) is 5.76 Å². The third-order valence-electron chi connectivity index (χ3n) is 5.79. The molecule has 1 amide bonds. The number of esters is 1. The fraction of sp³-hybridized carbons (Fsp3) is 0.375. The Morgan fingerprint density at radius 1 is 1.21 bits per heavy atom. The van der Waals surface area contributed by atoms with Crippen molar-refractivity contribution >= 4 is 35.0 Å². The Labute approximate surface area is 197 Å². The highest BCUT2D eigenvalue weighted by Gasteiger charge is 2.46. The van der Waals surface area contributed by atoms with Gasteiger partial charge in [-0.1, -0.05) is 23.7 Å². The number of amides is 1. The van der Waals surface area contributed by atoms with E-state index in [1.807, 2.05) is 19.0 Å². The molecule has 176 valence electrons. The van der Waals surface area contributed by atoms with Crippen molar-refractivity contribution in [3.05, 3.63) is 62.9 Å². The van der Waals surface area contributed by atoms with Crippen LogP contribution in [0.5, 0.6) is 0 Å². The maximum absolute atomic E-state index is 13.2. The number of hydrogen-bond donors (Lipinski definition) is 2. The van der Waals surface area contributed by atoms with Crippen LogP contribution in [0, 0.1) is 13.8 Å². The maximum Gasteiger partial charge on any atom is 0.354 e. The lowest BCUT2D eigenvalue weighted by atomic mass is 9.94. The molecule has 1 aromatic carbocycles. The minimum Gasteiger partial charge on any atom is -0.507 e. The van der Waals surface area contributed by atoms with Gasteiger partial charge in [0.25, 0.3) is 11.7 Å². The van der Waals surface area contributed by atoms with Crippen LogP contribution in [-0.2, 0) is 14.3 Å². The van der Waals surface area contributed by atoms with Crippen molar-refractivity contribution in [3.63, 3.8) is 0 Å². The molecule has 0 saturated carbocycles. The molecule has 1 aliphatic heterocycles. The highest BCUT2D eigenvalue weighted by atomic mass is 35.5. The quantitative estimate of drug-likeness (QED) is 0.276. The molecule has 1 aromatic heterocycles. The first-order valence-electron chi connectivity index (χ1n) is 10.5. The Balaban J connectivity index is 2.17. The van der Waals surface area contributed by atoms with Crippen molar-refractivity contribution in [2.45, 2.75) is 26.3 Å². The number of likely N-dealkylation sites (tertiary alicyclic amines) is 1. The van der Waals surface area contributed by atoms with Gasteiger partial charge in [-0.05, 0) is 64.2 Å². The van der Waals surface area contributed by atoms with Crippen LogP contribution in [-0.4, -0.2) is 71.8 Å². The van der Waals surface area contributed by atoms with Gasteiger partial charge in [0.05, 0.1) is 18.7 Å². The van der Waals surface area contributed by atoms with E-state index in [-0.39, 0.29) is 17.0 Å². The number of ether oxygens (including phenoxy) is 1. The second kappa shape index (κ2) is 9.80. The molecule has 2 N–H and O–H groups in total. The Kier molecular flexibility index (Phi) is 7.29. The molecule has 1 atom stereocenters. The Bertz CT molecular complexity index is 1120. The lowest BCUT2D eigenvalue weighted by molar-refractivity contribution is -0.139. The Morgan fingerprint density at radius 3 is 2.42 bits per heavy atom. The number of Topliss-reactive ketones (excluding diaryl/α,β-unsaturated/α-hetero) is 1. The number of ketones is 1. The number of benzene rings is 1. The van der Waals surface area contributed by atoms with Gasteiger partial charge in [-0.3, -0.25) is 9.59 Å². The number of aryl methyl sites for hydroxylation is 1. The number of rotatable bonds is 7. The second-order valence-electron chi connectivity index (χ2n) is 8.32. The van der Waals surface area contributed by atoms with Gasteiger partial charge >= 0.3 is 5.97 Å². The van der Waals surface area contributed by atoms with Crippen molar-refractivity contribution < 1.29 is 24.2 Å². The molecule has 1 saturated heterocycles. The molecule has 1 fully saturated rings. The van der Waals surface area contributed by atoms with Gasteiger partial charge in [0, 0.05) is 22.8 Å². The number of carbonyl (C=O) groups excluding carboxylic acids is 3. The van der Waals surface area contributed by atoms with Crippen LogP contribution >= 0.6 is 11.6 Å². The number of halogens is 1. The van der Waals surface area contributed by atoms with Crippen molar-refractivity contribution in [3.8, 4) is 0 Å². The summed E-state index contributed by atoms with van der Waals surface area (Å²) in [5.41, 5.74) is 2.04. The summed E-state index contributed by atoms with van der Waals surface area (Å²) in [6, 6.07) is 6.06. The Morgan fingerprint density at radius 2 is 1.85 bits per heavy atom. The molecule has 9 heteroatoms. The van der Waals surface area contributed by atoms with Crippen LogP contribution in [0.15, 0.2) is 29.8 Å². The number of carbonyl (C=O) groups is 3. The zero-order chi connectivity index (χ0) is 24.4. The fourth-order valence-corrected chi connectivity index (χ4v) is 4.33. The highest BCUT2D eigenvalue weighted by molar-refractivity contribution is 6.46. The van der Waals surface area contributed by atoms with E-state index in [9.17, 15) is 19.5 Å². The fourth-order valence-electron chi connectivity index (χ4n) is 4.21. The number of methoxy groups -OCH3 is 1. The van der Waals surface area contributed by atoms with E-state index < -0.39 is 23.7 Å². The summed E-state index contributed by atoms with van der Waals surface area (Å²) in [6.07, 6.45) is 0.652. The standard InChI is InChI=1S/C24H28ClN3O5/c1-13-17(14(2)26-19(13)24(32)33-5)21(29)18-20(15-7-9-16(25)10-8-15)28(23(31)22(18)30)12-6-11-27(3)4/h7-10,20,26,29H,6,11-12H2,1-5H3/b21-18+. The summed E-state index contributed by atoms with van der Waals surface area (Å²) in [7, 11) is 5.12. The minimum atomic E-state index is -0.778. The molecule has 3 rings (SSSR count). The predicted molar refractivity (Wildman–Crippen MR) is 125 cm³/mol. The first kappa shape index (κ1) is 24.5. The lowest BCUT2D eigenvalue weighted by Gasteiger charge is -2.26. The summed E-state index contributed by atoms with van der Waals surface area (Å²) in [5, 5.41) is 11.8. The number of aliphatic hydroxyl groups excluding tert-OH is 1. The largest absolute Gasteiger partial charge is 0.507 e. The van der Waals surface area contributed by atoms with Crippen LogP contribution in [0.2, 0.25) is 5.02 Å². The number of aromatic nitrogens is 1. The first-order valence-corrected chi connectivity index (χ1v) is 10.9. The van der Waals surface area contributed by atoms with E-state index >= 15 is 0 Å². The molecular weight excluding hydrogens is 446 g/mol. The van der Waals surface area contributed by atoms with E-state index in [1.165, 1.54) is 12.0 Å². The second-order valence-corrected chi connectivity index (χ2v) is 8.75. The molecule has 1 aliphatic rings. The molecule has 0 bridgehead atoms. The number of hydrogen-bond acceptors (Lipinski definition) is 6. The monoisotopic (exact) mass is 473 g/mol. The average molecular weight is 474 g/mol. The zero-order valence-electron chi connectivity index (χ0n) is 19.4. The van der Waals surface area contributed by atoms with E-state index in [4.69, 9.17) is 16.3 Å². The summed E-state index contributed by atoms with van der Waals surface area (Å²) in [6.45, 7) is 4.40. The van der Waals surface area contributed by atoms with Crippen LogP contribution in [0.3, 0.4) is 0 Å². The third-order valence-corrected chi connectivity index (χ3v) is 6.05. The smallest absolute Gasteiger partial charge is 0.354 e. The van der Waals surface area contributed by atoms with Gasteiger partial charge in [0.2, 0.25) is 0 Å². The van der Waals surface area contributed by atoms with E-state index in [0.29, 0.717) is 40.4 Å². The maximum atomic E-state index is 13.2. The molecular formula is C24H28ClN3O5. The zero-order valence-corrected chi connectivity index (χ0v) is 20.1. The number of nitrogens with one attached hydrogen (secondary N) is 1. The number of aromatic amines is 1. The summed E-state index contributed by atoms with van der Waals surface area (Å²) >= 11 is 6.05. The molecule has 2 heterocycles. The molecule has 2 aromatic rings. The number of aliphatic hydroxyl groups is 1. The highest BCUT2D eigenvalue weighted by Crippen LogP contribution is 2.41. The molecule has 0 aliphatic carbocycles. The van der Waals surface area contributed by atoms with E-state index in [2.05, 4.69) is 4.98 Å². The van der Waals surface area contributed by atoms with Gasteiger partial charge in [0.15, 0.2) is 0 Å². The molecule has 33 heavy (non-hydrogen) atoms. The van der Waals surface area contributed by atoms with Crippen molar-refractivity contribution in [1.29, 1.82) is 0 Å². The van der Waals surface area contributed by atoms with Crippen molar-refractivity contribution in [2.75, 3.05) is 34.3 Å². The molecule has 0 spiro atoms. The summed E-state index contributed by atoms with van der Waals surface area (Å²) < 4.78 is 4.80. The van der Waals surface area contributed by atoms with Gasteiger partial charge in [-0.25, -0.2) is 4.79 Å². The topological polar surface area (TPSA) is 103 Å². The average Bonchev–Trinajstić information content (AvgIpc) is 3.20. The summed E-state index contributed by atoms with van der Waals surface area (Å²) in [4.78, 5) is 44.7. The number of nitrogens with zero attached hydrogens (tertiary/aromatic N) is 2. The van der Waals surface area contributed by atoms with Crippen LogP contribution in [0.1, 0.15) is 45.3 Å². The minimum absolute atomic E-state index is 0.0196. The lowest BCUT2D eigenvalue weighted by Crippen LogP contribution is -2.32. The van der Waals surface area contributed by atoms with Gasteiger partial charge in [-0.2, -0.15) is 0 Å². The molecule has 8 nitrogen and oxygen atoms in total. The van der Waals surface area contributed by atoms with Gasteiger partial charge < -0.3 is 24.6 Å². The van der Waals surface area contributed by atoms with Crippen molar-refractivity contribution in [1.82, 2.24) is 14.8 Å². The summed E-state index contributed by atoms with van der Waals surface area (Å²) in [5.74, 6) is -2.36. The van der Waals surface area contributed by atoms with Gasteiger partial charge in [0.1, 0.15) is 11.5 Å². The third kappa shape index (κ3) is 4.67. The van der Waals surface area contributed by atoms with Crippen LogP contribution in [0.4, 0.5) is 0 Å². The van der Waals surface area contributed by atoms with Crippen molar-refractivity contribution in [2.24, 2.45) is 0 Å². The molecule has 0 radical (unpaired) electrons. The van der Waals surface area contributed by atoms with Crippen LogP contribution < -0.4 is 0 Å². The Hall–Kier alpha value is -3.10. The van der Waals surface area contributed by atoms with E-state index in [1.54, 1.807) is 38.1 Å². The SMILES string of the molecule is COC(=O)c1[nH]c(C)c(/C(O)=C2\C(=O)C(=O)N(CCCN(C)C)C2c2ccc(Cl)cc2)c1C. The van der Waals surface area contributed by atoms with Gasteiger partial charge in [-0.15, -0.1) is 0 Å². The number of H-pyrrole nitrogens is 1.